The summed E-state index contributed by atoms with van der Waals surface area (Å²) in [6.07, 6.45) is 3.85. The van der Waals surface area contributed by atoms with Crippen molar-refractivity contribution >= 4 is 0 Å². The Morgan fingerprint density at radius 1 is 1.33 bits per heavy atom. The first-order valence-electron chi connectivity index (χ1n) is 5.69. The van der Waals surface area contributed by atoms with E-state index in [9.17, 15) is 0 Å². The van der Waals surface area contributed by atoms with Crippen molar-refractivity contribution in [3.8, 4) is 6.07 Å². The van der Waals surface area contributed by atoms with Crippen LogP contribution in [0.1, 0.15) is 39.5 Å². The Labute approximate surface area is 93.8 Å². The number of hydrogen-bond acceptors (Lipinski definition) is 3. The van der Waals surface area contributed by atoms with E-state index in [1.807, 2.05) is 0 Å². The molecule has 1 N–H and O–H groups in total. The Balaban J connectivity index is 3.36. The molecule has 0 aromatic heterocycles. The predicted molar refractivity (Wildman–Crippen MR) is 62.6 cm³/mol. The van der Waals surface area contributed by atoms with Gasteiger partial charge in [0.25, 0.3) is 0 Å². The number of nitrogens with one attached hydrogen (secondary N) is 1. The second kappa shape index (κ2) is 8.70. The molecule has 0 aliphatic rings. The minimum atomic E-state index is 0.297. The van der Waals surface area contributed by atoms with Crippen molar-refractivity contribution in [2.24, 2.45) is 5.41 Å². The second-order valence-corrected chi connectivity index (χ2v) is 4.70. The van der Waals surface area contributed by atoms with Crippen molar-refractivity contribution in [2.45, 2.75) is 39.5 Å². The third-order valence-electron chi connectivity index (χ3n) is 2.48. The van der Waals surface area contributed by atoms with Crippen LogP contribution in [0.4, 0.5) is 0 Å². The highest BCUT2D eigenvalue weighted by atomic mass is 16.5. The molecular formula is C12H24N2O. The second-order valence-electron chi connectivity index (χ2n) is 4.70. The van der Waals surface area contributed by atoms with Crippen molar-refractivity contribution in [1.82, 2.24) is 5.32 Å². The molecule has 0 aliphatic carbocycles. The quantitative estimate of drug-likeness (QED) is 0.597. The molecule has 0 saturated carbocycles. The van der Waals surface area contributed by atoms with Crippen LogP contribution in [0.15, 0.2) is 0 Å². The van der Waals surface area contributed by atoms with Gasteiger partial charge in [-0.25, -0.2) is 0 Å². The number of nitriles is 1. The van der Waals surface area contributed by atoms with Gasteiger partial charge in [-0.2, -0.15) is 5.26 Å². The highest BCUT2D eigenvalue weighted by molar-refractivity contribution is 4.72. The fourth-order valence-corrected chi connectivity index (χ4v) is 1.35. The fourth-order valence-electron chi connectivity index (χ4n) is 1.35. The van der Waals surface area contributed by atoms with Crippen LogP contribution in [-0.2, 0) is 4.74 Å². The van der Waals surface area contributed by atoms with Crippen LogP contribution in [0.25, 0.3) is 0 Å². The van der Waals surface area contributed by atoms with Gasteiger partial charge in [-0.05, 0) is 31.2 Å². The van der Waals surface area contributed by atoms with Crippen molar-refractivity contribution in [2.75, 3.05) is 26.8 Å². The molecule has 15 heavy (non-hydrogen) atoms. The van der Waals surface area contributed by atoms with Gasteiger partial charge in [0.15, 0.2) is 0 Å². The first-order chi connectivity index (χ1) is 7.12. The molecule has 0 heterocycles. The number of ether oxygens (including phenoxy) is 1. The topological polar surface area (TPSA) is 45.0 Å². The summed E-state index contributed by atoms with van der Waals surface area (Å²) in [6.45, 7) is 7.34. The summed E-state index contributed by atoms with van der Waals surface area (Å²) in [5, 5.41) is 11.8. The van der Waals surface area contributed by atoms with E-state index in [4.69, 9.17) is 10.00 Å². The predicted octanol–water partition coefficient (Wildman–Crippen LogP) is 2.33. The standard InChI is InChI=1S/C12H24N2O/c1-12(2,7-10-15-3)11-14-9-6-4-5-8-13/h14H,4-7,9-11H2,1-3H3. The number of unbranched alkanes of at least 4 members (excludes halogenated alkanes) is 2. The van der Waals surface area contributed by atoms with E-state index in [1.165, 1.54) is 0 Å². The van der Waals surface area contributed by atoms with Crippen molar-refractivity contribution in [3.05, 3.63) is 0 Å². The van der Waals surface area contributed by atoms with E-state index in [2.05, 4.69) is 25.2 Å². The molecular weight excluding hydrogens is 188 g/mol. The molecule has 0 spiro atoms. The molecule has 88 valence electrons. The van der Waals surface area contributed by atoms with Crippen molar-refractivity contribution in [3.63, 3.8) is 0 Å². The normalized spacial score (nSPS) is 11.3. The molecule has 0 atom stereocenters. The molecule has 0 fully saturated rings. The van der Waals surface area contributed by atoms with Gasteiger partial charge in [0.05, 0.1) is 6.07 Å². The van der Waals surface area contributed by atoms with Crippen LogP contribution < -0.4 is 5.32 Å². The zero-order chi connectivity index (χ0) is 11.6. The highest BCUT2D eigenvalue weighted by Crippen LogP contribution is 2.18. The van der Waals surface area contributed by atoms with Gasteiger partial charge in [-0.1, -0.05) is 13.8 Å². The monoisotopic (exact) mass is 212 g/mol. The van der Waals surface area contributed by atoms with E-state index in [0.717, 1.165) is 39.0 Å². The summed E-state index contributed by atoms with van der Waals surface area (Å²) in [5.41, 5.74) is 0.297. The van der Waals surface area contributed by atoms with Gasteiger partial charge in [0, 0.05) is 26.7 Å². The zero-order valence-corrected chi connectivity index (χ0v) is 10.3. The molecule has 0 radical (unpaired) electrons. The van der Waals surface area contributed by atoms with Gasteiger partial charge in [-0.15, -0.1) is 0 Å². The van der Waals surface area contributed by atoms with E-state index in [-0.39, 0.29) is 0 Å². The molecule has 3 nitrogen and oxygen atoms in total. The van der Waals surface area contributed by atoms with Crippen molar-refractivity contribution in [1.29, 1.82) is 5.26 Å². The van der Waals surface area contributed by atoms with Crippen molar-refractivity contribution < 1.29 is 4.74 Å². The lowest BCUT2D eigenvalue weighted by atomic mass is 9.90. The average Bonchev–Trinajstić information content (AvgIpc) is 2.20. The lowest BCUT2D eigenvalue weighted by Gasteiger charge is -2.24. The Hall–Kier alpha value is -0.590. The third-order valence-corrected chi connectivity index (χ3v) is 2.48. The van der Waals surface area contributed by atoms with Gasteiger partial charge in [0.2, 0.25) is 0 Å². The Morgan fingerprint density at radius 2 is 2.07 bits per heavy atom. The smallest absolute Gasteiger partial charge is 0.0621 e. The van der Waals surface area contributed by atoms with E-state index >= 15 is 0 Å². The Morgan fingerprint density at radius 3 is 2.67 bits per heavy atom. The van der Waals surface area contributed by atoms with Crippen LogP contribution >= 0.6 is 0 Å². The number of nitrogens with zero attached hydrogens (tertiary/aromatic N) is 1. The summed E-state index contributed by atoms with van der Waals surface area (Å²) < 4.78 is 5.07. The van der Waals surface area contributed by atoms with Crippen LogP contribution in [0.2, 0.25) is 0 Å². The van der Waals surface area contributed by atoms with Gasteiger partial charge in [0.1, 0.15) is 0 Å². The average molecular weight is 212 g/mol. The van der Waals surface area contributed by atoms with E-state index < -0.39 is 0 Å². The van der Waals surface area contributed by atoms with Gasteiger partial charge >= 0.3 is 0 Å². The number of hydrogen-bond donors (Lipinski definition) is 1. The minimum Gasteiger partial charge on any atom is -0.385 e. The summed E-state index contributed by atoms with van der Waals surface area (Å²) in [5.74, 6) is 0. The molecule has 0 saturated heterocycles. The molecule has 0 rings (SSSR count). The maximum atomic E-state index is 8.36. The molecule has 0 bridgehead atoms. The lowest BCUT2D eigenvalue weighted by Crippen LogP contribution is -2.31. The number of methoxy groups -OCH3 is 1. The molecule has 0 aromatic carbocycles. The molecule has 0 aliphatic heterocycles. The van der Waals surface area contributed by atoms with Crippen LogP contribution in [0.5, 0.6) is 0 Å². The third kappa shape index (κ3) is 9.71. The fraction of sp³-hybridized carbons (Fsp3) is 0.917. The maximum absolute atomic E-state index is 8.36. The lowest BCUT2D eigenvalue weighted by molar-refractivity contribution is 0.151. The van der Waals surface area contributed by atoms with Crippen LogP contribution in [0, 0.1) is 16.7 Å². The first-order valence-corrected chi connectivity index (χ1v) is 5.69. The molecule has 0 amide bonds. The Kier molecular flexibility index (Phi) is 8.35. The maximum Gasteiger partial charge on any atom is 0.0621 e. The molecule has 0 unspecified atom stereocenters. The zero-order valence-electron chi connectivity index (χ0n) is 10.3. The summed E-state index contributed by atoms with van der Waals surface area (Å²) >= 11 is 0. The molecule has 0 aromatic rings. The van der Waals surface area contributed by atoms with E-state index in [1.54, 1.807) is 7.11 Å². The summed E-state index contributed by atoms with van der Waals surface area (Å²) in [4.78, 5) is 0. The number of rotatable bonds is 9. The minimum absolute atomic E-state index is 0.297. The van der Waals surface area contributed by atoms with Gasteiger partial charge < -0.3 is 10.1 Å². The van der Waals surface area contributed by atoms with Crippen LogP contribution in [0.3, 0.4) is 0 Å². The Bertz CT molecular complexity index is 185. The van der Waals surface area contributed by atoms with Gasteiger partial charge in [-0.3, -0.25) is 0 Å². The SMILES string of the molecule is COCCC(C)(C)CNCCCCC#N. The van der Waals surface area contributed by atoms with Crippen LogP contribution in [-0.4, -0.2) is 26.8 Å². The summed E-state index contributed by atoms with van der Waals surface area (Å²) in [6, 6.07) is 2.16. The highest BCUT2D eigenvalue weighted by Gasteiger charge is 2.16. The van der Waals surface area contributed by atoms with E-state index in [0.29, 0.717) is 11.8 Å². The molecule has 3 heteroatoms. The summed E-state index contributed by atoms with van der Waals surface area (Å²) in [7, 11) is 1.74. The first kappa shape index (κ1) is 14.4. The largest absolute Gasteiger partial charge is 0.385 e.